The molecule has 0 radical (unpaired) electrons. The SMILES string of the molecule is Cc1ccc(CCCNC(=O)c2ccc(F)cc2)c(C)c1. The fraction of sp³-hybridized carbons (Fsp3) is 0.278. The summed E-state index contributed by atoms with van der Waals surface area (Å²) in [6.45, 7) is 4.81. The number of rotatable bonds is 5. The summed E-state index contributed by atoms with van der Waals surface area (Å²) >= 11 is 0. The molecule has 0 aliphatic rings. The first kappa shape index (κ1) is 15.2. The van der Waals surface area contributed by atoms with Crippen LogP contribution in [0.3, 0.4) is 0 Å². The van der Waals surface area contributed by atoms with Crippen LogP contribution in [0.1, 0.15) is 33.5 Å². The molecule has 1 N–H and O–H groups in total. The molecule has 110 valence electrons. The third-order valence-electron chi connectivity index (χ3n) is 3.51. The Labute approximate surface area is 125 Å². The monoisotopic (exact) mass is 285 g/mol. The minimum atomic E-state index is -0.332. The van der Waals surface area contributed by atoms with E-state index in [9.17, 15) is 9.18 Å². The van der Waals surface area contributed by atoms with Crippen LogP contribution in [0.25, 0.3) is 0 Å². The summed E-state index contributed by atoms with van der Waals surface area (Å²) in [5.74, 6) is -0.489. The van der Waals surface area contributed by atoms with E-state index in [0.29, 0.717) is 12.1 Å². The number of hydrogen-bond acceptors (Lipinski definition) is 1. The normalized spacial score (nSPS) is 10.4. The molecule has 0 atom stereocenters. The van der Waals surface area contributed by atoms with Crippen molar-refractivity contribution in [2.24, 2.45) is 0 Å². The van der Waals surface area contributed by atoms with Gasteiger partial charge in [0.15, 0.2) is 0 Å². The second kappa shape index (κ2) is 7.02. The molecule has 0 saturated carbocycles. The van der Waals surface area contributed by atoms with Gasteiger partial charge in [0.1, 0.15) is 5.82 Å². The highest BCUT2D eigenvalue weighted by atomic mass is 19.1. The maximum atomic E-state index is 12.8. The van der Waals surface area contributed by atoms with E-state index in [0.717, 1.165) is 12.8 Å². The Kier molecular flexibility index (Phi) is 5.09. The lowest BCUT2D eigenvalue weighted by Gasteiger charge is -2.08. The average molecular weight is 285 g/mol. The second-order valence-electron chi connectivity index (χ2n) is 5.30. The maximum Gasteiger partial charge on any atom is 0.251 e. The van der Waals surface area contributed by atoms with E-state index in [-0.39, 0.29) is 11.7 Å². The molecular formula is C18H20FNO. The Bertz CT molecular complexity index is 620. The summed E-state index contributed by atoms with van der Waals surface area (Å²) in [5.41, 5.74) is 4.36. The van der Waals surface area contributed by atoms with Crippen LogP contribution in [0, 0.1) is 19.7 Å². The van der Waals surface area contributed by atoms with Crippen LogP contribution in [0.4, 0.5) is 4.39 Å². The first-order valence-electron chi connectivity index (χ1n) is 7.16. The first-order chi connectivity index (χ1) is 10.1. The van der Waals surface area contributed by atoms with Crippen LogP contribution in [-0.4, -0.2) is 12.5 Å². The van der Waals surface area contributed by atoms with Gasteiger partial charge in [0.25, 0.3) is 5.91 Å². The van der Waals surface area contributed by atoms with Crippen LogP contribution in [0.5, 0.6) is 0 Å². The molecule has 2 aromatic carbocycles. The zero-order valence-corrected chi connectivity index (χ0v) is 12.4. The average Bonchev–Trinajstić information content (AvgIpc) is 2.46. The van der Waals surface area contributed by atoms with Gasteiger partial charge < -0.3 is 5.32 Å². The molecular weight excluding hydrogens is 265 g/mol. The van der Waals surface area contributed by atoms with Crippen molar-refractivity contribution in [2.45, 2.75) is 26.7 Å². The van der Waals surface area contributed by atoms with Gasteiger partial charge in [0, 0.05) is 12.1 Å². The molecule has 0 unspecified atom stereocenters. The zero-order chi connectivity index (χ0) is 15.2. The Morgan fingerprint density at radius 1 is 1.10 bits per heavy atom. The zero-order valence-electron chi connectivity index (χ0n) is 12.4. The van der Waals surface area contributed by atoms with Gasteiger partial charge in [-0.25, -0.2) is 4.39 Å². The summed E-state index contributed by atoms with van der Waals surface area (Å²) in [5, 5.41) is 2.86. The lowest BCUT2D eigenvalue weighted by molar-refractivity contribution is 0.0953. The maximum absolute atomic E-state index is 12.8. The highest BCUT2D eigenvalue weighted by Gasteiger charge is 2.05. The first-order valence-corrected chi connectivity index (χ1v) is 7.16. The molecule has 3 heteroatoms. The van der Waals surface area contributed by atoms with Crippen LogP contribution >= 0.6 is 0 Å². The second-order valence-corrected chi connectivity index (χ2v) is 5.30. The predicted octanol–water partition coefficient (Wildman–Crippen LogP) is 3.81. The fourth-order valence-corrected chi connectivity index (χ4v) is 2.31. The van der Waals surface area contributed by atoms with E-state index in [1.165, 1.54) is 41.0 Å². The van der Waals surface area contributed by atoms with Crippen LogP contribution < -0.4 is 5.32 Å². The van der Waals surface area contributed by atoms with Crippen LogP contribution in [0.15, 0.2) is 42.5 Å². The van der Waals surface area contributed by atoms with Crippen molar-refractivity contribution in [3.05, 3.63) is 70.5 Å². The topological polar surface area (TPSA) is 29.1 Å². The van der Waals surface area contributed by atoms with Crippen molar-refractivity contribution in [1.29, 1.82) is 0 Å². The molecule has 1 amide bonds. The number of nitrogens with one attached hydrogen (secondary N) is 1. The number of hydrogen-bond donors (Lipinski definition) is 1. The lowest BCUT2D eigenvalue weighted by atomic mass is 10.0. The Balaban J connectivity index is 1.79. The quantitative estimate of drug-likeness (QED) is 0.832. The molecule has 2 aromatic rings. The number of amides is 1. The van der Waals surface area contributed by atoms with Gasteiger partial charge in [-0.15, -0.1) is 0 Å². The molecule has 0 bridgehead atoms. The fourth-order valence-electron chi connectivity index (χ4n) is 2.31. The van der Waals surface area contributed by atoms with Crippen molar-refractivity contribution in [2.75, 3.05) is 6.54 Å². The number of carbonyl (C=O) groups excluding carboxylic acids is 1. The predicted molar refractivity (Wildman–Crippen MR) is 83.0 cm³/mol. The highest BCUT2D eigenvalue weighted by molar-refractivity contribution is 5.94. The van der Waals surface area contributed by atoms with E-state index in [2.05, 4.69) is 37.4 Å². The van der Waals surface area contributed by atoms with Crippen molar-refractivity contribution in [3.63, 3.8) is 0 Å². The van der Waals surface area contributed by atoms with Crippen molar-refractivity contribution >= 4 is 5.91 Å². The molecule has 0 aliphatic carbocycles. The van der Waals surface area contributed by atoms with Crippen LogP contribution in [-0.2, 0) is 6.42 Å². The van der Waals surface area contributed by atoms with Crippen LogP contribution in [0.2, 0.25) is 0 Å². The number of carbonyl (C=O) groups is 1. The molecule has 0 fully saturated rings. The molecule has 2 nitrogen and oxygen atoms in total. The van der Waals surface area contributed by atoms with Crippen molar-refractivity contribution in [3.8, 4) is 0 Å². The summed E-state index contributed by atoms with van der Waals surface area (Å²) in [4.78, 5) is 11.8. The third kappa shape index (κ3) is 4.42. The third-order valence-corrected chi connectivity index (χ3v) is 3.51. The van der Waals surface area contributed by atoms with Gasteiger partial charge in [-0.05, 0) is 62.1 Å². The smallest absolute Gasteiger partial charge is 0.251 e. The van der Waals surface area contributed by atoms with Gasteiger partial charge in [-0.2, -0.15) is 0 Å². The van der Waals surface area contributed by atoms with E-state index in [1.807, 2.05) is 0 Å². The van der Waals surface area contributed by atoms with Gasteiger partial charge in [0.2, 0.25) is 0 Å². The Hall–Kier alpha value is -2.16. The molecule has 0 spiro atoms. The summed E-state index contributed by atoms with van der Waals surface area (Å²) in [6.07, 6.45) is 1.83. The minimum absolute atomic E-state index is 0.157. The largest absolute Gasteiger partial charge is 0.352 e. The summed E-state index contributed by atoms with van der Waals surface area (Å²) in [6, 6.07) is 12.0. The molecule has 2 rings (SSSR count). The summed E-state index contributed by atoms with van der Waals surface area (Å²) in [7, 11) is 0. The Morgan fingerprint density at radius 2 is 1.81 bits per heavy atom. The molecule has 21 heavy (non-hydrogen) atoms. The molecule has 0 heterocycles. The molecule has 0 aromatic heterocycles. The molecule has 0 aliphatic heterocycles. The van der Waals surface area contributed by atoms with Crippen molar-refractivity contribution in [1.82, 2.24) is 5.32 Å². The number of halogens is 1. The van der Waals surface area contributed by atoms with E-state index < -0.39 is 0 Å². The molecule has 0 saturated heterocycles. The Morgan fingerprint density at radius 3 is 2.48 bits per heavy atom. The van der Waals surface area contributed by atoms with E-state index in [1.54, 1.807) is 0 Å². The van der Waals surface area contributed by atoms with Gasteiger partial charge in [0.05, 0.1) is 0 Å². The number of benzene rings is 2. The minimum Gasteiger partial charge on any atom is -0.352 e. The van der Waals surface area contributed by atoms with Crippen molar-refractivity contribution < 1.29 is 9.18 Å². The van der Waals surface area contributed by atoms with Gasteiger partial charge in [-0.3, -0.25) is 4.79 Å². The summed E-state index contributed by atoms with van der Waals surface area (Å²) < 4.78 is 12.8. The van der Waals surface area contributed by atoms with E-state index in [4.69, 9.17) is 0 Å². The lowest BCUT2D eigenvalue weighted by Crippen LogP contribution is -2.24. The highest BCUT2D eigenvalue weighted by Crippen LogP contribution is 2.12. The van der Waals surface area contributed by atoms with E-state index >= 15 is 0 Å². The number of aryl methyl sites for hydroxylation is 3. The van der Waals surface area contributed by atoms with Gasteiger partial charge in [-0.1, -0.05) is 23.8 Å². The van der Waals surface area contributed by atoms with Gasteiger partial charge >= 0.3 is 0 Å². The standard InChI is InChI=1S/C18H20FNO/c1-13-5-6-15(14(2)12-13)4-3-11-20-18(21)16-7-9-17(19)10-8-16/h5-10,12H,3-4,11H2,1-2H3,(H,20,21).